The lowest BCUT2D eigenvalue weighted by Gasteiger charge is -2.26. The third kappa shape index (κ3) is 1.94. The summed E-state index contributed by atoms with van der Waals surface area (Å²) in [7, 11) is 0. The first-order valence-electron chi connectivity index (χ1n) is 6.29. The number of aryl methyl sites for hydroxylation is 1. The van der Waals surface area contributed by atoms with Crippen LogP contribution in [0.3, 0.4) is 0 Å². The van der Waals surface area contributed by atoms with Gasteiger partial charge in [-0.25, -0.2) is 9.29 Å². The summed E-state index contributed by atoms with van der Waals surface area (Å²) in [6.45, 7) is 1.69. The van der Waals surface area contributed by atoms with E-state index in [-0.39, 0.29) is 16.8 Å². The molecule has 0 radical (unpaired) electrons. The fourth-order valence-electron chi connectivity index (χ4n) is 2.31. The molecule has 2 aromatic rings. The van der Waals surface area contributed by atoms with E-state index in [0.29, 0.717) is 10.5 Å². The molecule has 2 amide bonds. The summed E-state index contributed by atoms with van der Waals surface area (Å²) in [6.07, 6.45) is 0. The second-order valence-corrected chi connectivity index (χ2v) is 4.78. The molecule has 1 aliphatic heterocycles. The molecular weight excluding hydrogens is 273 g/mol. The monoisotopic (exact) mass is 283 g/mol. The molecule has 3 rings (SSSR count). The number of fused-ring (bicyclic) bond motifs is 1. The van der Waals surface area contributed by atoms with Crippen molar-refractivity contribution in [3.05, 3.63) is 65.0 Å². The fourth-order valence-corrected chi connectivity index (χ4v) is 2.31. The van der Waals surface area contributed by atoms with Crippen LogP contribution in [0.4, 0.5) is 10.1 Å². The molecule has 0 saturated carbocycles. The minimum Gasteiger partial charge on any atom is -0.283 e. The van der Waals surface area contributed by atoms with Crippen LogP contribution in [0.1, 0.15) is 26.3 Å². The van der Waals surface area contributed by atoms with E-state index in [1.165, 1.54) is 24.3 Å². The first-order valence-corrected chi connectivity index (χ1v) is 6.29. The maximum absolute atomic E-state index is 14.0. The van der Waals surface area contributed by atoms with Crippen LogP contribution in [0.2, 0.25) is 0 Å². The highest BCUT2D eigenvalue weighted by molar-refractivity contribution is 6.55. The standard InChI is InChI=1S/C16H10FNO3/c1-9-6-7-13(12(17)8-9)18-15(20)11-5-3-2-4-10(11)14(19)16(18)21/h2-8H,1H3. The first kappa shape index (κ1) is 13.2. The number of carbonyl (C=O) groups is 3. The Hall–Kier alpha value is -2.82. The number of amides is 2. The zero-order valence-corrected chi connectivity index (χ0v) is 11.1. The molecule has 0 saturated heterocycles. The number of rotatable bonds is 1. The molecule has 21 heavy (non-hydrogen) atoms. The molecule has 0 bridgehead atoms. The molecule has 0 spiro atoms. The van der Waals surface area contributed by atoms with Crippen molar-refractivity contribution in [3.63, 3.8) is 0 Å². The van der Waals surface area contributed by atoms with Crippen LogP contribution < -0.4 is 4.90 Å². The molecule has 0 fully saturated rings. The van der Waals surface area contributed by atoms with Gasteiger partial charge in [0.1, 0.15) is 5.82 Å². The van der Waals surface area contributed by atoms with Crippen molar-refractivity contribution >= 4 is 23.3 Å². The van der Waals surface area contributed by atoms with E-state index < -0.39 is 23.4 Å². The lowest BCUT2D eigenvalue weighted by atomic mass is 9.96. The Morgan fingerprint density at radius 3 is 2.24 bits per heavy atom. The van der Waals surface area contributed by atoms with Crippen LogP contribution in [0.15, 0.2) is 42.5 Å². The fraction of sp³-hybridized carbons (Fsp3) is 0.0625. The average Bonchev–Trinajstić information content (AvgIpc) is 2.47. The van der Waals surface area contributed by atoms with Gasteiger partial charge in [0.15, 0.2) is 0 Å². The number of imide groups is 1. The number of anilines is 1. The smallest absolute Gasteiger partial charge is 0.283 e. The van der Waals surface area contributed by atoms with E-state index in [1.54, 1.807) is 25.1 Å². The summed E-state index contributed by atoms with van der Waals surface area (Å²) in [6, 6.07) is 10.1. The summed E-state index contributed by atoms with van der Waals surface area (Å²) in [4.78, 5) is 37.2. The Balaban J connectivity index is 2.19. The van der Waals surface area contributed by atoms with Crippen molar-refractivity contribution in [2.75, 3.05) is 4.90 Å². The molecule has 1 heterocycles. The Morgan fingerprint density at radius 1 is 0.905 bits per heavy atom. The Labute approximate surface area is 119 Å². The second-order valence-electron chi connectivity index (χ2n) is 4.78. The van der Waals surface area contributed by atoms with Crippen LogP contribution in [0, 0.1) is 12.7 Å². The van der Waals surface area contributed by atoms with E-state index in [4.69, 9.17) is 0 Å². The number of benzene rings is 2. The first-order chi connectivity index (χ1) is 10.0. The number of halogens is 1. The maximum atomic E-state index is 14.0. The van der Waals surface area contributed by atoms with Crippen molar-refractivity contribution in [1.29, 1.82) is 0 Å². The maximum Gasteiger partial charge on any atom is 0.306 e. The van der Waals surface area contributed by atoms with Crippen molar-refractivity contribution in [1.82, 2.24) is 0 Å². The largest absolute Gasteiger partial charge is 0.306 e. The van der Waals surface area contributed by atoms with E-state index >= 15 is 0 Å². The van der Waals surface area contributed by atoms with Crippen molar-refractivity contribution in [2.45, 2.75) is 6.92 Å². The highest BCUT2D eigenvalue weighted by Crippen LogP contribution is 2.27. The molecule has 4 nitrogen and oxygen atoms in total. The minimum absolute atomic E-state index is 0.0521. The van der Waals surface area contributed by atoms with Gasteiger partial charge in [0, 0.05) is 5.56 Å². The third-order valence-electron chi connectivity index (χ3n) is 3.35. The molecule has 5 heteroatoms. The van der Waals surface area contributed by atoms with Crippen LogP contribution >= 0.6 is 0 Å². The van der Waals surface area contributed by atoms with Crippen molar-refractivity contribution in [2.24, 2.45) is 0 Å². The van der Waals surface area contributed by atoms with Crippen LogP contribution in [-0.2, 0) is 4.79 Å². The Kier molecular flexibility index (Phi) is 2.90. The van der Waals surface area contributed by atoms with Gasteiger partial charge >= 0.3 is 5.91 Å². The predicted octanol–water partition coefficient (Wildman–Crippen LogP) is 2.50. The molecule has 0 aliphatic carbocycles. The molecular formula is C16H10FNO3. The summed E-state index contributed by atoms with van der Waals surface area (Å²) < 4.78 is 14.0. The van der Waals surface area contributed by atoms with Crippen molar-refractivity contribution in [3.8, 4) is 0 Å². The Bertz CT molecular complexity index is 798. The van der Waals surface area contributed by atoms with Gasteiger partial charge in [-0.3, -0.25) is 14.4 Å². The number of Topliss-reactive ketones (excluding diaryl/α,β-unsaturated/α-hetero) is 1. The summed E-state index contributed by atoms with van der Waals surface area (Å²) in [5.74, 6) is -3.27. The van der Waals surface area contributed by atoms with Gasteiger partial charge in [-0.05, 0) is 30.7 Å². The third-order valence-corrected chi connectivity index (χ3v) is 3.35. The summed E-state index contributed by atoms with van der Waals surface area (Å²) in [5, 5.41) is 0. The number of ketones is 1. The zero-order valence-electron chi connectivity index (χ0n) is 11.1. The van der Waals surface area contributed by atoms with Gasteiger partial charge in [-0.2, -0.15) is 0 Å². The quantitative estimate of drug-likeness (QED) is 0.597. The molecule has 0 unspecified atom stereocenters. The van der Waals surface area contributed by atoms with Gasteiger partial charge in [0.25, 0.3) is 11.7 Å². The summed E-state index contributed by atoms with van der Waals surface area (Å²) in [5.41, 5.74) is 0.594. The predicted molar refractivity (Wildman–Crippen MR) is 73.7 cm³/mol. The van der Waals surface area contributed by atoms with Gasteiger partial charge in [-0.1, -0.05) is 24.3 Å². The molecule has 0 atom stereocenters. The SMILES string of the molecule is Cc1ccc(N2C(=O)C(=O)c3ccccc3C2=O)c(F)c1. The number of nitrogens with zero attached hydrogens (tertiary/aromatic N) is 1. The van der Waals surface area contributed by atoms with Gasteiger partial charge in [0.05, 0.1) is 11.3 Å². The summed E-state index contributed by atoms with van der Waals surface area (Å²) >= 11 is 0. The van der Waals surface area contributed by atoms with Gasteiger partial charge in [-0.15, -0.1) is 0 Å². The van der Waals surface area contributed by atoms with Crippen molar-refractivity contribution < 1.29 is 18.8 Å². The second kappa shape index (κ2) is 4.63. The van der Waals surface area contributed by atoms with Gasteiger partial charge in [0.2, 0.25) is 0 Å². The van der Waals surface area contributed by atoms with Gasteiger partial charge < -0.3 is 0 Å². The highest BCUT2D eigenvalue weighted by atomic mass is 19.1. The highest BCUT2D eigenvalue weighted by Gasteiger charge is 2.39. The van der Waals surface area contributed by atoms with E-state index in [0.717, 1.165) is 0 Å². The normalized spacial score (nSPS) is 14.4. The van der Waals surface area contributed by atoms with Crippen LogP contribution in [-0.4, -0.2) is 17.6 Å². The van der Waals surface area contributed by atoms with Crippen LogP contribution in [0.5, 0.6) is 0 Å². The minimum atomic E-state index is -1.04. The van der Waals surface area contributed by atoms with E-state index in [9.17, 15) is 18.8 Å². The topological polar surface area (TPSA) is 54.5 Å². The number of hydrogen-bond donors (Lipinski definition) is 0. The molecule has 1 aliphatic rings. The van der Waals surface area contributed by atoms with Crippen LogP contribution in [0.25, 0.3) is 0 Å². The zero-order chi connectivity index (χ0) is 15.1. The molecule has 0 N–H and O–H groups in total. The lowest BCUT2D eigenvalue weighted by Crippen LogP contribution is -2.46. The molecule has 0 aromatic heterocycles. The van der Waals surface area contributed by atoms with E-state index in [1.807, 2.05) is 0 Å². The lowest BCUT2D eigenvalue weighted by molar-refractivity contribution is -0.114. The van der Waals surface area contributed by atoms with E-state index in [2.05, 4.69) is 0 Å². The number of hydrogen-bond acceptors (Lipinski definition) is 3. The average molecular weight is 283 g/mol. The molecule has 104 valence electrons. The number of carbonyl (C=O) groups excluding carboxylic acids is 3. The molecule has 2 aromatic carbocycles. The Morgan fingerprint density at radius 2 is 1.57 bits per heavy atom.